The van der Waals surface area contributed by atoms with Gasteiger partial charge in [-0.25, -0.2) is 0 Å². The molecule has 1 saturated carbocycles. The fourth-order valence-corrected chi connectivity index (χ4v) is 3.17. The number of benzene rings is 1. The standard InChI is InChI=1S/C13H16ClN/c1-15-12-4-5-13(6-7-13)11-3-2-9(14)8-10(11)12/h2-3,8,12,15H,4-7H2,1H3. The minimum Gasteiger partial charge on any atom is -0.313 e. The molecule has 15 heavy (non-hydrogen) atoms. The zero-order valence-corrected chi connectivity index (χ0v) is 9.77. The molecule has 3 rings (SSSR count). The molecule has 0 amide bonds. The topological polar surface area (TPSA) is 12.0 Å². The van der Waals surface area contributed by atoms with Crippen molar-refractivity contribution in [3.63, 3.8) is 0 Å². The number of hydrogen-bond donors (Lipinski definition) is 1. The molecule has 0 saturated heterocycles. The summed E-state index contributed by atoms with van der Waals surface area (Å²) in [6.07, 6.45) is 5.34. The maximum Gasteiger partial charge on any atom is 0.0409 e. The molecule has 1 aromatic rings. The van der Waals surface area contributed by atoms with E-state index in [0.717, 1.165) is 5.02 Å². The molecular weight excluding hydrogens is 206 g/mol. The van der Waals surface area contributed by atoms with Gasteiger partial charge in [-0.15, -0.1) is 0 Å². The number of halogens is 1. The first-order chi connectivity index (χ1) is 7.25. The van der Waals surface area contributed by atoms with E-state index in [1.54, 1.807) is 5.56 Å². The van der Waals surface area contributed by atoms with Crippen LogP contribution in [0.1, 0.15) is 42.9 Å². The van der Waals surface area contributed by atoms with Gasteiger partial charge in [0.05, 0.1) is 0 Å². The molecule has 1 fully saturated rings. The predicted octanol–water partition coefficient (Wildman–Crippen LogP) is 3.43. The van der Waals surface area contributed by atoms with E-state index in [-0.39, 0.29) is 0 Å². The van der Waals surface area contributed by atoms with E-state index in [2.05, 4.69) is 17.4 Å². The van der Waals surface area contributed by atoms with Gasteiger partial charge in [0, 0.05) is 11.1 Å². The first kappa shape index (κ1) is 9.68. The van der Waals surface area contributed by atoms with Gasteiger partial charge >= 0.3 is 0 Å². The van der Waals surface area contributed by atoms with Crippen molar-refractivity contribution in [1.29, 1.82) is 0 Å². The van der Waals surface area contributed by atoms with Crippen LogP contribution in [0.2, 0.25) is 5.02 Å². The van der Waals surface area contributed by atoms with Gasteiger partial charge in [0.15, 0.2) is 0 Å². The number of rotatable bonds is 1. The predicted molar refractivity (Wildman–Crippen MR) is 63.4 cm³/mol. The van der Waals surface area contributed by atoms with Crippen LogP contribution >= 0.6 is 11.6 Å². The molecule has 2 aliphatic carbocycles. The third kappa shape index (κ3) is 1.41. The van der Waals surface area contributed by atoms with Crippen LogP contribution in [0.3, 0.4) is 0 Å². The van der Waals surface area contributed by atoms with Crippen LogP contribution in [0.15, 0.2) is 18.2 Å². The van der Waals surface area contributed by atoms with Gasteiger partial charge in [0.2, 0.25) is 0 Å². The van der Waals surface area contributed by atoms with Crippen LogP contribution in [0, 0.1) is 0 Å². The Balaban J connectivity index is 2.12. The minimum absolute atomic E-state index is 0.505. The molecule has 2 aliphatic rings. The lowest BCUT2D eigenvalue weighted by Crippen LogP contribution is -2.26. The van der Waals surface area contributed by atoms with Crippen molar-refractivity contribution >= 4 is 11.6 Å². The summed E-state index contributed by atoms with van der Waals surface area (Å²) < 4.78 is 0. The SMILES string of the molecule is CNC1CCC2(CC2)c2ccc(Cl)cc21. The molecular formula is C13H16ClN. The zero-order chi connectivity index (χ0) is 10.5. The van der Waals surface area contributed by atoms with Crippen molar-refractivity contribution in [1.82, 2.24) is 5.32 Å². The molecule has 1 unspecified atom stereocenters. The van der Waals surface area contributed by atoms with E-state index in [9.17, 15) is 0 Å². The Morgan fingerprint density at radius 2 is 2.13 bits per heavy atom. The molecule has 1 aromatic carbocycles. The first-order valence-corrected chi connectivity index (χ1v) is 6.10. The molecule has 0 aliphatic heterocycles. The van der Waals surface area contributed by atoms with Crippen molar-refractivity contribution in [2.24, 2.45) is 0 Å². The molecule has 1 spiro atoms. The van der Waals surface area contributed by atoms with Crippen molar-refractivity contribution < 1.29 is 0 Å². The molecule has 0 radical (unpaired) electrons. The smallest absolute Gasteiger partial charge is 0.0409 e. The van der Waals surface area contributed by atoms with Crippen LogP contribution in [-0.4, -0.2) is 7.05 Å². The highest BCUT2D eigenvalue weighted by Gasteiger charge is 2.48. The lowest BCUT2D eigenvalue weighted by Gasteiger charge is -2.31. The highest BCUT2D eigenvalue weighted by atomic mass is 35.5. The molecule has 0 aromatic heterocycles. The fourth-order valence-electron chi connectivity index (χ4n) is 2.99. The third-order valence-corrected chi connectivity index (χ3v) is 4.31. The average Bonchev–Trinajstić information content (AvgIpc) is 2.99. The molecule has 1 N–H and O–H groups in total. The number of hydrogen-bond acceptors (Lipinski definition) is 1. The van der Waals surface area contributed by atoms with Crippen LogP contribution in [0.25, 0.3) is 0 Å². The van der Waals surface area contributed by atoms with Gasteiger partial charge < -0.3 is 5.32 Å². The lowest BCUT2D eigenvalue weighted by atomic mass is 9.78. The second kappa shape index (κ2) is 3.23. The normalized spacial score (nSPS) is 26.4. The average molecular weight is 222 g/mol. The molecule has 2 heteroatoms. The van der Waals surface area contributed by atoms with Gasteiger partial charge in [-0.2, -0.15) is 0 Å². The Hall–Kier alpha value is -0.530. The van der Waals surface area contributed by atoms with Crippen molar-refractivity contribution in [2.75, 3.05) is 7.05 Å². The summed E-state index contributed by atoms with van der Waals surface area (Å²) in [5.41, 5.74) is 3.53. The summed E-state index contributed by atoms with van der Waals surface area (Å²) in [6.45, 7) is 0. The monoisotopic (exact) mass is 221 g/mol. The highest BCUT2D eigenvalue weighted by Crippen LogP contribution is 2.57. The second-order valence-electron chi connectivity index (χ2n) is 4.89. The molecule has 1 nitrogen and oxygen atoms in total. The van der Waals surface area contributed by atoms with Crippen LogP contribution < -0.4 is 5.32 Å². The van der Waals surface area contributed by atoms with E-state index in [1.165, 1.54) is 31.2 Å². The Morgan fingerprint density at radius 1 is 1.33 bits per heavy atom. The van der Waals surface area contributed by atoms with Gasteiger partial charge in [-0.05, 0) is 61.4 Å². The minimum atomic E-state index is 0.505. The summed E-state index contributed by atoms with van der Waals surface area (Å²) in [7, 11) is 2.04. The van der Waals surface area contributed by atoms with E-state index in [0.29, 0.717) is 11.5 Å². The van der Waals surface area contributed by atoms with E-state index in [1.807, 2.05) is 13.1 Å². The van der Waals surface area contributed by atoms with Crippen LogP contribution in [0.4, 0.5) is 0 Å². The maximum absolute atomic E-state index is 6.08. The molecule has 0 heterocycles. The maximum atomic E-state index is 6.08. The van der Waals surface area contributed by atoms with Gasteiger partial charge in [-0.1, -0.05) is 17.7 Å². The lowest BCUT2D eigenvalue weighted by molar-refractivity contribution is 0.435. The summed E-state index contributed by atoms with van der Waals surface area (Å²) in [6, 6.07) is 6.94. The highest BCUT2D eigenvalue weighted by molar-refractivity contribution is 6.30. The van der Waals surface area contributed by atoms with E-state index in [4.69, 9.17) is 11.6 Å². The van der Waals surface area contributed by atoms with Crippen LogP contribution in [-0.2, 0) is 5.41 Å². The molecule has 1 atom stereocenters. The van der Waals surface area contributed by atoms with Gasteiger partial charge in [0.25, 0.3) is 0 Å². The summed E-state index contributed by atoms with van der Waals surface area (Å²) in [5.74, 6) is 0. The van der Waals surface area contributed by atoms with Gasteiger partial charge in [0.1, 0.15) is 0 Å². The van der Waals surface area contributed by atoms with Gasteiger partial charge in [-0.3, -0.25) is 0 Å². The largest absolute Gasteiger partial charge is 0.313 e. The molecule has 80 valence electrons. The van der Waals surface area contributed by atoms with Crippen LogP contribution in [0.5, 0.6) is 0 Å². The first-order valence-electron chi connectivity index (χ1n) is 5.72. The summed E-state index contributed by atoms with van der Waals surface area (Å²) in [5, 5.41) is 4.26. The quantitative estimate of drug-likeness (QED) is 0.766. The Morgan fingerprint density at radius 3 is 2.80 bits per heavy atom. The Labute approximate surface area is 95.8 Å². The van der Waals surface area contributed by atoms with Crippen molar-refractivity contribution in [3.8, 4) is 0 Å². The van der Waals surface area contributed by atoms with E-state index >= 15 is 0 Å². The number of fused-ring (bicyclic) bond motifs is 2. The Bertz CT molecular complexity index is 396. The summed E-state index contributed by atoms with van der Waals surface area (Å²) in [4.78, 5) is 0. The summed E-state index contributed by atoms with van der Waals surface area (Å²) >= 11 is 6.08. The molecule has 0 bridgehead atoms. The second-order valence-corrected chi connectivity index (χ2v) is 5.33. The third-order valence-electron chi connectivity index (χ3n) is 4.07. The number of nitrogens with one attached hydrogen (secondary N) is 1. The van der Waals surface area contributed by atoms with Crippen molar-refractivity contribution in [3.05, 3.63) is 34.3 Å². The Kier molecular flexibility index (Phi) is 2.08. The van der Waals surface area contributed by atoms with Crippen molar-refractivity contribution in [2.45, 2.75) is 37.1 Å². The fraction of sp³-hybridized carbons (Fsp3) is 0.538. The zero-order valence-electron chi connectivity index (χ0n) is 9.02. The van der Waals surface area contributed by atoms with E-state index < -0.39 is 0 Å².